The Kier molecular flexibility index (Phi) is 7.09. The maximum absolute atomic E-state index is 5.16. The van der Waals surface area contributed by atoms with Gasteiger partial charge >= 0.3 is 0 Å². The standard InChI is InChI=1S/C14H30N2O/c1-13(2)16-10-5-4-9-15-12-14(6-7-14)8-11-17-3/h13,15-16H,4-12H2,1-3H3. The van der Waals surface area contributed by atoms with Crippen LogP contribution in [0.3, 0.4) is 0 Å². The SMILES string of the molecule is COCCC1(CNCCCCNC(C)C)CC1. The van der Waals surface area contributed by atoms with Gasteiger partial charge in [0.2, 0.25) is 0 Å². The fraction of sp³-hybridized carbons (Fsp3) is 1.00. The summed E-state index contributed by atoms with van der Waals surface area (Å²) in [5, 5.41) is 7.05. The molecule has 1 rings (SSSR count). The van der Waals surface area contributed by atoms with Gasteiger partial charge in [-0.05, 0) is 50.6 Å². The average molecular weight is 242 g/mol. The van der Waals surface area contributed by atoms with E-state index >= 15 is 0 Å². The van der Waals surface area contributed by atoms with E-state index in [9.17, 15) is 0 Å². The van der Waals surface area contributed by atoms with E-state index in [0.29, 0.717) is 11.5 Å². The molecule has 0 amide bonds. The van der Waals surface area contributed by atoms with Crippen LogP contribution in [0.2, 0.25) is 0 Å². The third kappa shape index (κ3) is 7.02. The maximum Gasteiger partial charge on any atom is 0.0468 e. The molecule has 3 heteroatoms. The van der Waals surface area contributed by atoms with E-state index in [4.69, 9.17) is 4.74 Å². The van der Waals surface area contributed by atoms with Crippen LogP contribution in [0.1, 0.15) is 46.0 Å². The van der Waals surface area contributed by atoms with Gasteiger partial charge in [0.15, 0.2) is 0 Å². The molecule has 0 aromatic rings. The lowest BCUT2D eigenvalue weighted by molar-refractivity contribution is 0.171. The molecular formula is C14H30N2O. The molecule has 0 spiro atoms. The number of ether oxygens (including phenoxy) is 1. The van der Waals surface area contributed by atoms with Crippen molar-refractivity contribution in [3.63, 3.8) is 0 Å². The van der Waals surface area contributed by atoms with Gasteiger partial charge in [-0.1, -0.05) is 13.8 Å². The van der Waals surface area contributed by atoms with Gasteiger partial charge in [0.1, 0.15) is 0 Å². The normalized spacial score (nSPS) is 17.6. The van der Waals surface area contributed by atoms with Crippen LogP contribution < -0.4 is 10.6 Å². The number of methoxy groups -OCH3 is 1. The van der Waals surface area contributed by atoms with Gasteiger partial charge < -0.3 is 15.4 Å². The first-order chi connectivity index (χ1) is 8.18. The first kappa shape index (κ1) is 14.9. The van der Waals surface area contributed by atoms with Crippen LogP contribution in [0.5, 0.6) is 0 Å². The molecule has 3 nitrogen and oxygen atoms in total. The minimum absolute atomic E-state index is 0.589. The summed E-state index contributed by atoms with van der Waals surface area (Å²) in [6.45, 7) is 8.81. The van der Waals surface area contributed by atoms with Crippen molar-refractivity contribution in [3.05, 3.63) is 0 Å². The van der Waals surface area contributed by atoms with Gasteiger partial charge in [0, 0.05) is 26.3 Å². The Morgan fingerprint density at radius 2 is 1.88 bits per heavy atom. The van der Waals surface area contributed by atoms with E-state index in [0.717, 1.165) is 19.7 Å². The lowest BCUT2D eigenvalue weighted by Crippen LogP contribution is -2.27. The highest BCUT2D eigenvalue weighted by Crippen LogP contribution is 2.48. The highest BCUT2D eigenvalue weighted by molar-refractivity contribution is 4.94. The Morgan fingerprint density at radius 1 is 1.18 bits per heavy atom. The van der Waals surface area contributed by atoms with Crippen molar-refractivity contribution in [1.29, 1.82) is 0 Å². The first-order valence-electron chi connectivity index (χ1n) is 7.12. The molecule has 0 radical (unpaired) electrons. The molecule has 17 heavy (non-hydrogen) atoms. The highest BCUT2D eigenvalue weighted by Gasteiger charge is 2.41. The Hall–Kier alpha value is -0.120. The van der Waals surface area contributed by atoms with Crippen LogP contribution in [0.4, 0.5) is 0 Å². The molecule has 0 heterocycles. The molecule has 2 N–H and O–H groups in total. The van der Waals surface area contributed by atoms with Gasteiger partial charge in [-0.3, -0.25) is 0 Å². The van der Waals surface area contributed by atoms with Crippen molar-refractivity contribution < 1.29 is 4.74 Å². The summed E-state index contributed by atoms with van der Waals surface area (Å²) in [5.41, 5.74) is 0.589. The molecule has 0 bridgehead atoms. The zero-order valence-electron chi connectivity index (χ0n) is 11.8. The monoisotopic (exact) mass is 242 g/mol. The summed E-state index contributed by atoms with van der Waals surface area (Å²) in [7, 11) is 1.80. The fourth-order valence-corrected chi connectivity index (χ4v) is 2.13. The predicted octanol–water partition coefficient (Wildman–Crippen LogP) is 2.17. The summed E-state index contributed by atoms with van der Waals surface area (Å²) in [6.07, 6.45) is 6.55. The Bertz CT molecular complexity index is 191. The number of nitrogens with one attached hydrogen (secondary N) is 2. The molecule has 1 fully saturated rings. The van der Waals surface area contributed by atoms with E-state index in [-0.39, 0.29) is 0 Å². The molecule has 0 atom stereocenters. The second-order valence-electron chi connectivity index (χ2n) is 5.74. The van der Waals surface area contributed by atoms with Crippen LogP contribution in [0.25, 0.3) is 0 Å². The molecule has 0 unspecified atom stereocenters. The number of hydrogen-bond donors (Lipinski definition) is 2. The van der Waals surface area contributed by atoms with Crippen LogP contribution in [0, 0.1) is 5.41 Å². The van der Waals surface area contributed by atoms with E-state index in [1.165, 1.54) is 38.6 Å². The quantitative estimate of drug-likeness (QED) is 0.545. The summed E-state index contributed by atoms with van der Waals surface area (Å²) in [4.78, 5) is 0. The molecule has 0 saturated heterocycles. The van der Waals surface area contributed by atoms with Gasteiger partial charge in [-0.2, -0.15) is 0 Å². The largest absolute Gasteiger partial charge is 0.385 e. The minimum atomic E-state index is 0.589. The summed E-state index contributed by atoms with van der Waals surface area (Å²) in [5.74, 6) is 0. The topological polar surface area (TPSA) is 33.3 Å². The van der Waals surface area contributed by atoms with Crippen molar-refractivity contribution in [3.8, 4) is 0 Å². The fourth-order valence-electron chi connectivity index (χ4n) is 2.13. The molecule has 0 aromatic heterocycles. The Morgan fingerprint density at radius 3 is 2.47 bits per heavy atom. The van der Waals surface area contributed by atoms with Gasteiger partial charge in [-0.25, -0.2) is 0 Å². The third-order valence-electron chi connectivity index (χ3n) is 3.63. The van der Waals surface area contributed by atoms with Crippen molar-refractivity contribution >= 4 is 0 Å². The lowest BCUT2D eigenvalue weighted by Gasteiger charge is -2.15. The molecule has 102 valence electrons. The zero-order chi connectivity index (χ0) is 12.6. The molecule has 1 saturated carbocycles. The second-order valence-corrected chi connectivity index (χ2v) is 5.74. The number of unbranched alkanes of at least 4 members (excludes halogenated alkanes) is 1. The molecule has 0 aliphatic heterocycles. The van der Waals surface area contributed by atoms with E-state index < -0.39 is 0 Å². The van der Waals surface area contributed by atoms with Crippen molar-refractivity contribution in [2.24, 2.45) is 5.41 Å². The van der Waals surface area contributed by atoms with Gasteiger partial charge in [0.05, 0.1) is 0 Å². The molecule has 1 aliphatic carbocycles. The zero-order valence-corrected chi connectivity index (χ0v) is 11.8. The Labute approximate surface area is 107 Å². The molecule has 0 aromatic carbocycles. The average Bonchev–Trinajstić information content (AvgIpc) is 3.05. The maximum atomic E-state index is 5.16. The van der Waals surface area contributed by atoms with E-state index in [1.807, 2.05) is 0 Å². The van der Waals surface area contributed by atoms with E-state index in [2.05, 4.69) is 24.5 Å². The van der Waals surface area contributed by atoms with Crippen molar-refractivity contribution in [1.82, 2.24) is 10.6 Å². The number of rotatable bonds is 11. The summed E-state index contributed by atoms with van der Waals surface area (Å²) in [6, 6.07) is 0.617. The predicted molar refractivity (Wildman–Crippen MR) is 73.4 cm³/mol. The number of hydrogen-bond acceptors (Lipinski definition) is 3. The highest BCUT2D eigenvalue weighted by atomic mass is 16.5. The molecular weight excluding hydrogens is 212 g/mol. The molecule has 1 aliphatic rings. The van der Waals surface area contributed by atoms with Gasteiger partial charge in [-0.15, -0.1) is 0 Å². The van der Waals surface area contributed by atoms with Crippen LogP contribution in [-0.2, 0) is 4.74 Å². The van der Waals surface area contributed by atoms with Gasteiger partial charge in [0.25, 0.3) is 0 Å². The smallest absolute Gasteiger partial charge is 0.0468 e. The van der Waals surface area contributed by atoms with E-state index in [1.54, 1.807) is 7.11 Å². The summed E-state index contributed by atoms with van der Waals surface area (Å²) >= 11 is 0. The first-order valence-corrected chi connectivity index (χ1v) is 7.12. The van der Waals surface area contributed by atoms with Crippen molar-refractivity contribution in [2.75, 3.05) is 33.4 Å². The van der Waals surface area contributed by atoms with Crippen LogP contribution >= 0.6 is 0 Å². The minimum Gasteiger partial charge on any atom is -0.385 e. The Balaban J connectivity index is 1.87. The third-order valence-corrected chi connectivity index (χ3v) is 3.63. The second kappa shape index (κ2) is 8.06. The van der Waals surface area contributed by atoms with Crippen molar-refractivity contribution in [2.45, 2.75) is 52.0 Å². The lowest BCUT2D eigenvalue weighted by atomic mass is 10.0. The van der Waals surface area contributed by atoms with Crippen LogP contribution in [0.15, 0.2) is 0 Å². The summed E-state index contributed by atoms with van der Waals surface area (Å²) < 4.78 is 5.16. The van der Waals surface area contributed by atoms with Crippen LogP contribution in [-0.4, -0.2) is 39.4 Å².